The lowest BCUT2D eigenvalue weighted by Gasteiger charge is -2.35. The zero-order valence-corrected chi connectivity index (χ0v) is 18.7. The van der Waals surface area contributed by atoms with Crippen molar-refractivity contribution in [3.63, 3.8) is 0 Å². The number of aromatic hydroxyl groups is 1. The van der Waals surface area contributed by atoms with Crippen LogP contribution in [-0.4, -0.2) is 48.1 Å². The lowest BCUT2D eigenvalue weighted by Crippen LogP contribution is -2.44. The number of carbonyl (C=O) groups is 3. The third-order valence-electron chi connectivity index (χ3n) is 6.12. The maximum Gasteiger partial charge on any atom is 0.328 e. The number of likely N-dealkylation sites (tertiary alicyclic amines) is 1. The molecule has 0 saturated carbocycles. The first-order valence-electron chi connectivity index (χ1n) is 9.61. The third-order valence-corrected chi connectivity index (χ3v) is 6.95. The van der Waals surface area contributed by atoms with Crippen molar-refractivity contribution in [2.45, 2.75) is 30.8 Å². The molecule has 0 aliphatic carbocycles. The van der Waals surface area contributed by atoms with Crippen LogP contribution >= 0.6 is 15.9 Å². The fourth-order valence-electron chi connectivity index (χ4n) is 4.83. The van der Waals surface area contributed by atoms with Gasteiger partial charge in [-0.25, -0.2) is 4.79 Å². The summed E-state index contributed by atoms with van der Waals surface area (Å²) in [6, 6.07) is 8.60. The van der Waals surface area contributed by atoms with Crippen LogP contribution in [0.1, 0.15) is 30.5 Å². The summed E-state index contributed by atoms with van der Waals surface area (Å²) >= 11 is 3.41. The second-order valence-electron chi connectivity index (χ2n) is 7.56. The van der Waals surface area contributed by atoms with E-state index < -0.39 is 29.4 Å². The van der Waals surface area contributed by atoms with Crippen LogP contribution in [-0.2, 0) is 24.5 Å². The van der Waals surface area contributed by atoms with E-state index >= 15 is 0 Å². The van der Waals surface area contributed by atoms with Gasteiger partial charge in [0.15, 0.2) is 11.5 Å². The number of amides is 2. The van der Waals surface area contributed by atoms with E-state index in [0.29, 0.717) is 16.8 Å². The molecule has 0 aromatic heterocycles. The molecule has 2 heterocycles. The van der Waals surface area contributed by atoms with E-state index in [-0.39, 0.29) is 28.3 Å². The summed E-state index contributed by atoms with van der Waals surface area (Å²) in [7, 11) is 2.67. The number of carbonyl (C=O) groups excluding carboxylic acids is 3. The number of phenolic OH excluding ortho intramolecular Hbond substituents is 1. The number of anilines is 1. The molecule has 2 aromatic carbocycles. The number of ether oxygens (including phenoxy) is 2. The Balaban J connectivity index is 2.03. The number of methoxy groups -OCH3 is 2. The molecule has 2 N–H and O–H groups in total. The summed E-state index contributed by atoms with van der Waals surface area (Å²) < 4.78 is 10.4. The number of nitrogens with one attached hydrogen (secondary N) is 1. The zero-order chi connectivity index (χ0) is 22.5. The van der Waals surface area contributed by atoms with Crippen LogP contribution in [0.3, 0.4) is 0 Å². The van der Waals surface area contributed by atoms with Crippen LogP contribution in [0.15, 0.2) is 40.9 Å². The number of hydrogen-bond donors (Lipinski definition) is 2. The average Bonchev–Trinajstić information content (AvgIpc) is 3.26. The molecule has 0 radical (unpaired) electrons. The number of nitrogens with zero attached hydrogens (tertiary/aromatic N) is 1. The van der Waals surface area contributed by atoms with Crippen molar-refractivity contribution in [2.75, 3.05) is 19.5 Å². The predicted molar refractivity (Wildman–Crippen MR) is 115 cm³/mol. The Labute approximate surface area is 187 Å². The summed E-state index contributed by atoms with van der Waals surface area (Å²) in [5.41, 5.74) is 0.544. The van der Waals surface area contributed by atoms with Crippen molar-refractivity contribution < 1.29 is 29.0 Å². The van der Waals surface area contributed by atoms with Gasteiger partial charge in [0, 0.05) is 12.6 Å². The van der Waals surface area contributed by atoms with Crippen LogP contribution < -0.4 is 10.1 Å². The fraction of sp³-hybridized carbons (Fsp3) is 0.318. The van der Waals surface area contributed by atoms with E-state index in [1.807, 2.05) is 12.1 Å². The van der Waals surface area contributed by atoms with Gasteiger partial charge in [0.05, 0.1) is 24.7 Å². The Morgan fingerprint density at radius 3 is 2.58 bits per heavy atom. The Bertz CT molecular complexity index is 1100. The lowest BCUT2D eigenvalue weighted by atomic mass is 9.72. The monoisotopic (exact) mass is 488 g/mol. The molecular weight excluding hydrogens is 468 g/mol. The van der Waals surface area contributed by atoms with E-state index in [0.717, 1.165) is 0 Å². The summed E-state index contributed by atoms with van der Waals surface area (Å²) in [6.07, 6.45) is 0.0476. The van der Waals surface area contributed by atoms with E-state index in [4.69, 9.17) is 9.47 Å². The molecule has 0 bridgehead atoms. The number of benzene rings is 2. The molecule has 162 valence electrons. The highest BCUT2D eigenvalue weighted by atomic mass is 79.9. The van der Waals surface area contributed by atoms with E-state index in [1.54, 1.807) is 24.3 Å². The van der Waals surface area contributed by atoms with Crippen LogP contribution in [0.2, 0.25) is 0 Å². The molecule has 8 nitrogen and oxygen atoms in total. The fourth-order valence-corrected chi connectivity index (χ4v) is 5.38. The van der Waals surface area contributed by atoms with Crippen LogP contribution in [0.25, 0.3) is 0 Å². The molecule has 1 spiro atoms. The highest BCUT2D eigenvalue weighted by Crippen LogP contribution is 2.58. The summed E-state index contributed by atoms with van der Waals surface area (Å²) in [6.45, 7) is 1.35. The van der Waals surface area contributed by atoms with Crippen molar-refractivity contribution in [3.05, 3.63) is 52.0 Å². The van der Waals surface area contributed by atoms with Crippen molar-refractivity contribution in [1.82, 2.24) is 4.90 Å². The first-order chi connectivity index (χ1) is 14.8. The molecule has 9 heteroatoms. The number of phenols is 1. The third kappa shape index (κ3) is 2.90. The Morgan fingerprint density at radius 1 is 1.23 bits per heavy atom. The van der Waals surface area contributed by atoms with Gasteiger partial charge >= 0.3 is 5.97 Å². The van der Waals surface area contributed by atoms with Crippen molar-refractivity contribution >= 4 is 39.4 Å². The topological polar surface area (TPSA) is 105 Å². The SMILES string of the molecule is COC(=O)[C@@H]1C[C@]2(C(=O)Nc3ccccc32)[C@H](c2ccc(OC)c(O)c2Br)N1C(C)=O. The van der Waals surface area contributed by atoms with Crippen molar-refractivity contribution in [2.24, 2.45) is 0 Å². The van der Waals surface area contributed by atoms with Gasteiger partial charge in [-0.15, -0.1) is 0 Å². The van der Waals surface area contributed by atoms with Gasteiger partial charge in [-0.1, -0.05) is 24.3 Å². The normalized spacial score (nSPS) is 24.1. The first-order valence-corrected chi connectivity index (χ1v) is 10.4. The quantitative estimate of drug-likeness (QED) is 0.643. The molecule has 2 aliphatic rings. The molecule has 31 heavy (non-hydrogen) atoms. The molecule has 2 aromatic rings. The van der Waals surface area contributed by atoms with Crippen LogP contribution in [0, 0.1) is 0 Å². The minimum Gasteiger partial charge on any atom is -0.503 e. The molecule has 0 unspecified atom stereocenters. The van der Waals surface area contributed by atoms with Gasteiger partial charge < -0.3 is 24.8 Å². The van der Waals surface area contributed by atoms with E-state index in [9.17, 15) is 19.5 Å². The van der Waals surface area contributed by atoms with Crippen LogP contribution in [0.4, 0.5) is 5.69 Å². The number of halogens is 1. The van der Waals surface area contributed by atoms with E-state index in [2.05, 4.69) is 21.2 Å². The van der Waals surface area contributed by atoms with Gasteiger partial charge in [0.1, 0.15) is 11.5 Å². The minimum atomic E-state index is -1.25. The smallest absolute Gasteiger partial charge is 0.328 e. The lowest BCUT2D eigenvalue weighted by molar-refractivity contribution is -0.151. The largest absolute Gasteiger partial charge is 0.503 e. The number of rotatable bonds is 3. The van der Waals surface area contributed by atoms with Crippen molar-refractivity contribution in [1.29, 1.82) is 0 Å². The Hall–Kier alpha value is -3.07. The second-order valence-corrected chi connectivity index (χ2v) is 8.36. The number of para-hydroxylation sites is 1. The van der Waals surface area contributed by atoms with Gasteiger partial charge in [-0.05, 0) is 45.6 Å². The van der Waals surface area contributed by atoms with Gasteiger partial charge in [-0.2, -0.15) is 0 Å². The molecule has 1 fully saturated rings. The summed E-state index contributed by atoms with van der Waals surface area (Å²) in [5, 5.41) is 13.5. The highest BCUT2D eigenvalue weighted by Gasteiger charge is 2.64. The maximum atomic E-state index is 13.5. The Kier molecular flexibility index (Phi) is 5.17. The second kappa shape index (κ2) is 7.56. The number of hydrogen-bond acceptors (Lipinski definition) is 6. The highest BCUT2D eigenvalue weighted by molar-refractivity contribution is 9.10. The maximum absolute atomic E-state index is 13.5. The van der Waals surface area contributed by atoms with Gasteiger partial charge in [0.25, 0.3) is 0 Å². The van der Waals surface area contributed by atoms with Gasteiger partial charge in [0.2, 0.25) is 11.8 Å². The van der Waals surface area contributed by atoms with E-state index in [1.165, 1.54) is 26.0 Å². The molecule has 1 saturated heterocycles. The predicted octanol–water partition coefficient (Wildman–Crippen LogP) is 2.89. The minimum absolute atomic E-state index is 0.0476. The number of fused-ring (bicyclic) bond motifs is 2. The first kappa shape index (κ1) is 21.2. The van der Waals surface area contributed by atoms with Crippen LogP contribution in [0.5, 0.6) is 11.5 Å². The zero-order valence-electron chi connectivity index (χ0n) is 17.1. The van der Waals surface area contributed by atoms with Crippen molar-refractivity contribution in [3.8, 4) is 11.5 Å². The summed E-state index contributed by atoms with van der Waals surface area (Å²) in [4.78, 5) is 40.4. The molecule has 2 amide bonds. The summed E-state index contributed by atoms with van der Waals surface area (Å²) in [5.74, 6) is -1.25. The standard InChI is InChI=1S/C22H21BrN2O6/c1-11(26)25-15(20(28)31-3)10-22(13-6-4-5-7-14(13)24-21(22)29)19(25)12-8-9-16(30-2)18(27)17(12)23/h4-9,15,19,27H,10H2,1-3H3,(H,24,29)/t15-,19-,22+/m0/s1. The molecule has 3 atom stereocenters. The van der Waals surface area contributed by atoms with Gasteiger partial charge in [-0.3, -0.25) is 9.59 Å². The molecule has 4 rings (SSSR count). The molecular formula is C22H21BrN2O6. The average molecular weight is 489 g/mol. The molecule has 2 aliphatic heterocycles. The number of esters is 1. The Morgan fingerprint density at radius 2 is 1.94 bits per heavy atom.